The van der Waals surface area contributed by atoms with Gasteiger partial charge in [0.2, 0.25) is 5.91 Å². The molecule has 146 valence electrons. The average Bonchev–Trinajstić information content (AvgIpc) is 3.32. The van der Waals surface area contributed by atoms with Crippen molar-refractivity contribution in [2.24, 2.45) is 5.92 Å². The smallest absolute Gasteiger partial charge is 0.225 e. The number of carbonyl (C=O) groups is 1. The number of aromatic nitrogens is 1. The van der Waals surface area contributed by atoms with Crippen molar-refractivity contribution in [1.29, 1.82) is 0 Å². The van der Waals surface area contributed by atoms with Crippen molar-refractivity contribution >= 4 is 23.2 Å². The van der Waals surface area contributed by atoms with E-state index in [1.54, 1.807) is 0 Å². The van der Waals surface area contributed by atoms with Crippen LogP contribution < -0.4 is 5.32 Å². The molecule has 1 saturated carbocycles. The van der Waals surface area contributed by atoms with E-state index in [-0.39, 0.29) is 11.1 Å². The number of hydrogen-bond donors (Lipinski definition) is 1. The monoisotopic (exact) mass is 397 g/mol. The van der Waals surface area contributed by atoms with E-state index in [1.165, 1.54) is 5.69 Å². The van der Waals surface area contributed by atoms with E-state index in [4.69, 9.17) is 16.3 Å². The van der Waals surface area contributed by atoms with Crippen LogP contribution in [0.25, 0.3) is 5.69 Å². The highest BCUT2D eigenvalue weighted by atomic mass is 35.5. The fourth-order valence-corrected chi connectivity index (χ4v) is 5.51. The third-order valence-corrected chi connectivity index (χ3v) is 7.23. The molecule has 4 heterocycles. The van der Waals surface area contributed by atoms with Crippen LogP contribution in [0, 0.1) is 5.92 Å². The van der Waals surface area contributed by atoms with Gasteiger partial charge in [-0.1, -0.05) is 11.6 Å². The molecule has 1 aromatic carbocycles. The SMILES string of the molecule is O=C(C1CC1)N1CCC2(CC1)CC1(CO2)Nc2cc(Cl)ccc2-n2cccc21. The molecule has 1 unspecified atom stereocenters. The van der Waals surface area contributed by atoms with Gasteiger partial charge < -0.3 is 19.5 Å². The summed E-state index contributed by atoms with van der Waals surface area (Å²) in [5.74, 6) is 0.658. The Kier molecular flexibility index (Phi) is 3.49. The highest BCUT2D eigenvalue weighted by Gasteiger charge is 2.54. The van der Waals surface area contributed by atoms with Crippen LogP contribution in [0.3, 0.4) is 0 Å². The third kappa shape index (κ3) is 2.45. The molecule has 1 aromatic heterocycles. The largest absolute Gasteiger partial charge is 0.372 e. The highest BCUT2D eigenvalue weighted by molar-refractivity contribution is 6.31. The van der Waals surface area contributed by atoms with E-state index >= 15 is 0 Å². The number of amides is 1. The van der Waals surface area contributed by atoms with Crippen LogP contribution >= 0.6 is 11.6 Å². The molecule has 5 nitrogen and oxygen atoms in total. The lowest BCUT2D eigenvalue weighted by molar-refractivity contribution is -0.137. The number of anilines is 1. The first-order chi connectivity index (χ1) is 13.6. The molecule has 0 bridgehead atoms. The lowest BCUT2D eigenvalue weighted by Gasteiger charge is -2.41. The highest BCUT2D eigenvalue weighted by Crippen LogP contribution is 2.50. The first-order valence-corrected chi connectivity index (χ1v) is 10.6. The second-order valence-corrected chi connectivity index (χ2v) is 9.32. The molecule has 2 saturated heterocycles. The number of nitrogens with zero attached hydrogens (tertiary/aromatic N) is 2. The van der Waals surface area contributed by atoms with E-state index in [2.05, 4.69) is 39.2 Å². The molecule has 0 radical (unpaired) electrons. The molecule has 4 aliphatic rings. The van der Waals surface area contributed by atoms with Crippen LogP contribution in [0.15, 0.2) is 36.5 Å². The van der Waals surface area contributed by atoms with E-state index < -0.39 is 0 Å². The summed E-state index contributed by atoms with van der Waals surface area (Å²) in [6, 6.07) is 10.3. The summed E-state index contributed by atoms with van der Waals surface area (Å²) >= 11 is 6.27. The molecule has 1 amide bonds. The Morgan fingerprint density at radius 2 is 2.04 bits per heavy atom. The first-order valence-electron chi connectivity index (χ1n) is 10.3. The van der Waals surface area contributed by atoms with E-state index in [9.17, 15) is 4.79 Å². The van der Waals surface area contributed by atoms with Crippen LogP contribution in [-0.4, -0.2) is 40.7 Å². The van der Waals surface area contributed by atoms with Crippen LogP contribution in [0.2, 0.25) is 5.02 Å². The zero-order chi connectivity index (χ0) is 18.9. The lowest BCUT2D eigenvalue weighted by Crippen LogP contribution is -2.48. The number of benzene rings is 1. The molecule has 1 N–H and O–H groups in total. The molecule has 2 spiro atoms. The Morgan fingerprint density at radius 3 is 2.82 bits per heavy atom. The van der Waals surface area contributed by atoms with Crippen molar-refractivity contribution in [2.45, 2.75) is 43.2 Å². The van der Waals surface area contributed by atoms with E-state index in [0.717, 1.165) is 61.6 Å². The summed E-state index contributed by atoms with van der Waals surface area (Å²) in [6.07, 6.45) is 7.01. The number of likely N-dealkylation sites (tertiary alicyclic amines) is 1. The van der Waals surface area contributed by atoms with Gasteiger partial charge in [0.15, 0.2) is 0 Å². The lowest BCUT2D eigenvalue weighted by atomic mass is 9.79. The van der Waals surface area contributed by atoms with Crippen molar-refractivity contribution in [3.63, 3.8) is 0 Å². The minimum atomic E-state index is -0.246. The summed E-state index contributed by atoms with van der Waals surface area (Å²) in [7, 11) is 0. The van der Waals surface area contributed by atoms with Crippen molar-refractivity contribution < 1.29 is 9.53 Å². The molecule has 3 aliphatic heterocycles. The Balaban J connectivity index is 1.28. The van der Waals surface area contributed by atoms with Gasteiger partial charge in [-0.25, -0.2) is 0 Å². The topological polar surface area (TPSA) is 46.5 Å². The standard InChI is InChI=1S/C22H24ClN3O2/c23-16-5-6-18-17(12-16)24-22(19-2-1-9-26(18)19)13-21(28-14-22)7-10-25(11-8-21)20(27)15-3-4-15/h1-2,5-6,9,12,15,24H,3-4,7-8,10-11,13-14H2. The maximum atomic E-state index is 12.4. The van der Waals surface area contributed by atoms with Crippen molar-refractivity contribution in [2.75, 3.05) is 25.0 Å². The molecule has 6 rings (SSSR count). The van der Waals surface area contributed by atoms with Crippen molar-refractivity contribution in [3.05, 3.63) is 47.2 Å². The quantitative estimate of drug-likeness (QED) is 0.792. The Morgan fingerprint density at radius 1 is 1.21 bits per heavy atom. The maximum Gasteiger partial charge on any atom is 0.225 e. The summed E-state index contributed by atoms with van der Waals surface area (Å²) in [5.41, 5.74) is 3.03. The number of rotatable bonds is 1. The van der Waals surface area contributed by atoms with Crippen molar-refractivity contribution in [3.8, 4) is 5.69 Å². The minimum Gasteiger partial charge on any atom is -0.372 e. The second-order valence-electron chi connectivity index (χ2n) is 8.88. The normalized spacial score (nSPS) is 27.5. The molecule has 1 aliphatic carbocycles. The number of fused-ring (bicyclic) bond motifs is 4. The minimum absolute atomic E-state index is 0.154. The Labute approximate surface area is 169 Å². The number of carbonyl (C=O) groups excluding carboxylic acids is 1. The fraction of sp³-hybridized carbons (Fsp3) is 0.500. The van der Waals surface area contributed by atoms with Crippen LogP contribution in [0.4, 0.5) is 5.69 Å². The molecular formula is C22H24ClN3O2. The van der Waals surface area contributed by atoms with Gasteiger partial charge in [0.1, 0.15) is 5.54 Å². The summed E-state index contributed by atoms with van der Waals surface area (Å²) in [5, 5.41) is 4.51. The molecule has 2 aromatic rings. The Bertz CT molecular complexity index is 958. The zero-order valence-electron chi connectivity index (χ0n) is 15.8. The fourth-order valence-electron chi connectivity index (χ4n) is 5.34. The number of hydrogen-bond acceptors (Lipinski definition) is 3. The maximum absolute atomic E-state index is 12.4. The summed E-state index contributed by atoms with van der Waals surface area (Å²) in [4.78, 5) is 14.5. The summed E-state index contributed by atoms with van der Waals surface area (Å²) < 4.78 is 8.76. The van der Waals surface area contributed by atoms with Gasteiger partial charge in [-0.05, 0) is 56.0 Å². The predicted molar refractivity (Wildman–Crippen MR) is 108 cm³/mol. The van der Waals surface area contributed by atoms with Crippen LogP contribution in [-0.2, 0) is 15.1 Å². The predicted octanol–water partition coefficient (Wildman–Crippen LogP) is 3.94. The number of ether oxygens (including phenoxy) is 1. The molecule has 28 heavy (non-hydrogen) atoms. The molecular weight excluding hydrogens is 374 g/mol. The van der Waals surface area contributed by atoms with Gasteiger partial charge in [0.05, 0.1) is 29.3 Å². The molecule has 3 fully saturated rings. The summed E-state index contributed by atoms with van der Waals surface area (Å²) in [6.45, 7) is 2.27. The van der Waals surface area contributed by atoms with Crippen LogP contribution in [0.1, 0.15) is 37.8 Å². The Hall–Kier alpha value is -1.98. The van der Waals surface area contributed by atoms with Gasteiger partial charge in [-0.3, -0.25) is 4.79 Å². The van der Waals surface area contributed by atoms with E-state index in [1.807, 2.05) is 12.1 Å². The number of nitrogens with one attached hydrogen (secondary N) is 1. The van der Waals surface area contributed by atoms with Gasteiger partial charge >= 0.3 is 0 Å². The number of halogens is 1. The van der Waals surface area contributed by atoms with Gasteiger partial charge in [-0.15, -0.1) is 0 Å². The van der Waals surface area contributed by atoms with Gasteiger partial charge in [-0.2, -0.15) is 0 Å². The molecule has 1 atom stereocenters. The zero-order valence-corrected chi connectivity index (χ0v) is 16.5. The van der Waals surface area contributed by atoms with Crippen LogP contribution in [0.5, 0.6) is 0 Å². The number of piperidine rings is 1. The molecule has 6 heteroatoms. The third-order valence-electron chi connectivity index (χ3n) is 6.99. The second kappa shape index (κ2) is 5.77. The first kappa shape index (κ1) is 16.9. The average molecular weight is 398 g/mol. The van der Waals surface area contributed by atoms with Crippen molar-refractivity contribution in [1.82, 2.24) is 9.47 Å². The van der Waals surface area contributed by atoms with Gasteiger partial charge in [0, 0.05) is 36.6 Å². The van der Waals surface area contributed by atoms with Gasteiger partial charge in [0.25, 0.3) is 0 Å². The van der Waals surface area contributed by atoms with E-state index in [0.29, 0.717) is 18.4 Å².